The number of hydrogen-bond donors (Lipinski definition) is 0. The molecule has 4 aliphatic rings. The van der Waals surface area contributed by atoms with Crippen LogP contribution in [0.15, 0.2) is 151 Å². The van der Waals surface area contributed by atoms with Crippen molar-refractivity contribution in [3.05, 3.63) is 189 Å². The molecule has 2 bridgehead atoms. The predicted molar refractivity (Wildman–Crippen MR) is 225 cm³/mol. The van der Waals surface area contributed by atoms with Gasteiger partial charge in [0, 0.05) is 4.91 Å². The lowest BCUT2D eigenvalue weighted by Crippen LogP contribution is -2.69. The van der Waals surface area contributed by atoms with E-state index in [0.29, 0.717) is 0 Å². The standard InChI is InChI=1S/C48H38N4O14/c49-51-50-35-39(64-45(57)29-19-9-3-10-20-29)37(34-26-60-47(35)61-34)66-48-36(52-41(53)31-23-13-14-24-32(31)42(52)54)40(65-46(58)30-21-11-4-12-22-30)38(63-44(56)28-17-7-2-8-18-28)33(62-48)25-59-43(55)27-15-5-1-6-16-27/h1-24,33-40,47-48H,25-26H2/t33-,34-,35-,36-,37-,38-,39-,40-,47-,48+/m1/s1. The molecule has 66 heavy (non-hydrogen) atoms. The minimum atomic E-state index is -1.89. The van der Waals surface area contributed by atoms with Gasteiger partial charge in [-0.2, -0.15) is 0 Å². The Bertz CT molecular complexity index is 2630. The van der Waals surface area contributed by atoms with Crippen LogP contribution in [0.25, 0.3) is 10.4 Å². The average molecular weight is 895 g/mol. The fourth-order valence-electron chi connectivity index (χ4n) is 8.27. The molecule has 0 unspecified atom stereocenters. The first-order valence-electron chi connectivity index (χ1n) is 20.8. The number of azide groups is 1. The summed E-state index contributed by atoms with van der Waals surface area (Å²) in [6.07, 6.45) is -12.1. The number of hydrogen-bond acceptors (Lipinski definition) is 15. The second-order valence-corrected chi connectivity index (χ2v) is 15.4. The van der Waals surface area contributed by atoms with Crippen molar-refractivity contribution in [1.29, 1.82) is 0 Å². The summed E-state index contributed by atoms with van der Waals surface area (Å²) in [6.45, 7) is -0.837. The Morgan fingerprint density at radius 3 is 1.55 bits per heavy atom. The van der Waals surface area contributed by atoms with Gasteiger partial charge in [0.15, 0.2) is 24.8 Å². The summed E-state index contributed by atoms with van der Waals surface area (Å²) < 4.78 is 49.6. The molecule has 0 aromatic heterocycles. The molecule has 9 rings (SSSR count). The number of amides is 2. The van der Waals surface area contributed by atoms with Crippen molar-refractivity contribution in [2.45, 2.75) is 61.3 Å². The van der Waals surface area contributed by atoms with Crippen molar-refractivity contribution < 1.29 is 66.7 Å². The van der Waals surface area contributed by atoms with Crippen LogP contribution in [0.4, 0.5) is 0 Å². The van der Waals surface area contributed by atoms with Gasteiger partial charge in [-0.05, 0) is 66.2 Å². The van der Waals surface area contributed by atoms with Crippen LogP contribution >= 0.6 is 0 Å². The first kappa shape index (κ1) is 43.5. The Morgan fingerprint density at radius 1 is 0.591 bits per heavy atom. The Morgan fingerprint density at radius 2 is 1.05 bits per heavy atom. The quantitative estimate of drug-likeness (QED) is 0.0344. The van der Waals surface area contributed by atoms with Gasteiger partial charge in [-0.15, -0.1) is 0 Å². The number of imide groups is 1. The number of carbonyl (C=O) groups excluding carboxylic acids is 6. The van der Waals surface area contributed by atoms with E-state index in [4.69, 9.17) is 37.9 Å². The summed E-state index contributed by atoms with van der Waals surface area (Å²) in [5.74, 6) is -5.21. The van der Waals surface area contributed by atoms with E-state index in [-0.39, 0.29) is 40.0 Å². The average Bonchev–Trinajstić information content (AvgIpc) is 3.91. The molecule has 334 valence electrons. The largest absolute Gasteiger partial charge is 0.459 e. The van der Waals surface area contributed by atoms with Crippen molar-refractivity contribution in [2.75, 3.05) is 13.2 Å². The van der Waals surface area contributed by atoms with Gasteiger partial charge in [0.05, 0.1) is 40.0 Å². The number of esters is 4. The van der Waals surface area contributed by atoms with Crippen LogP contribution in [-0.2, 0) is 37.9 Å². The van der Waals surface area contributed by atoms with E-state index in [0.717, 1.165) is 4.90 Å². The summed E-state index contributed by atoms with van der Waals surface area (Å²) in [6, 6.07) is 34.4. The van der Waals surface area contributed by atoms with Gasteiger partial charge in [0.2, 0.25) is 0 Å². The van der Waals surface area contributed by atoms with Gasteiger partial charge < -0.3 is 37.9 Å². The van der Waals surface area contributed by atoms with Crippen LogP contribution in [0, 0.1) is 0 Å². The van der Waals surface area contributed by atoms with E-state index in [1.807, 2.05) is 0 Å². The predicted octanol–water partition coefficient (Wildman–Crippen LogP) is 5.73. The third-order valence-corrected chi connectivity index (χ3v) is 11.4. The molecule has 5 aromatic rings. The SMILES string of the molecule is [N-]=[N+]=N[C@H]1[C@@H]2OC[C@@H](O2)[C@@H](O[C@@H]2O[C@H](COC(=O)c3ccccc3)[C@@H](OC(=O)c3ccccc3)[C@H](OC(=O)c3ccccc3)[C@H]2N2C(=O)c3ccccc3C2=O)[C@@H]1OC(=O)c1ccccc1. The van der Waals surface area contributed by atoms with E-state index in [1.165, 1.54) is 60.7 Å². The number of benzene rings is 5. The summed E-state index contributed by atoms with van der Waals surface area (Å²) >= 11 is 0. The van der Waals surface area contributed by atoms with E-state index < -0.39 is 104 Å². The number of carbonyl (C=O) groups is 6. The van der Waals surface area contributed by atoms with Gasteiger partial charge in [0.1, 0.15) is 43.1 Å². The van der Waals surface area contributed by atoms with Gasteiger partial charge in [-0.1, -0.05) is 90.0 Å². The highest BCUT2D eigenvalue weighted by Crippen LogP contribution is 2.40. The maximum absolute atomic E-state index is 14.6. The molecule has 2 amide bonds. The molecule has 5 aromatic carbocycles. The van der Waals surface area contributed by atoms with Crippen LogP contribution in [0.5, 0.6) is 0 Å². The second-order valence-electron chi connectivity index (χ2n) is 15.4. The first-order valence-corrected chi connectivity index (χ1v) is 20.8. The first-order chi connectivity index (χ1) is 32.2. The highest BCUT2D eigenvalue weighted by Gasteiger charge is 2.61. The Labute approximate surface area is 375 Å². The molecule has 4 heterocycles. The van der Waals surface area contributed by atoms with Gasteiger partial charge in [-0.25, -0.2) is 19.2 Å². The molecular weight excluding hydrogens is 857 g/mol. The number of fused-ring (bicyclic) bond motifs is 3. The zero-order valence-corrected chi connectivity index (χ0v) is 34.5. The fraction of sp³-hybridized carbons (Fsp3) is 0.250. The highest BCUT2D eigenvalue weighted by atomic mass is 16.8. The minimum Gasteiger partial charge on any atom is -0.459 e. The lowest BCUT2D eigenvalue weighted by molar-refractivity contribution is -0.312. The zero-order chi connectivity index (χ0) is 45.7. The van der Waals surface area contributed by atoms with Crippen LogP contribution in [-0.4, -0.2) is 115 Å². The fourth-order valence-corrected chi connectivity index (χ4v) is 8.27. The molecule has 0 N–H and O–H groups in total. The third-order valence-electron chi connectivity index (χ3n) is 11.4. The Kier molecular flexibility index (Phi) is 12.6. The van der Waals surface area contributed by atoms with Crippen LogP contribution in [0.1, 0.15) is 62.1 Å². The summed E-state index contributed by atoms with van der Waals surface area (Å²) in [7, 11) is 0. The lowest BCUT2D eigenvalue weighted by atomic mass is 9.93. The van der Waals surface area contributed by atoms with Crippen molar-refractivity contribution >= 4 is 35.7 Å². The number of nitrogens with zero attached hydrogens (tertiary/aromatic N) is 4. The third kappa shape index (κ3) is 8.74. The molecule has 18 nitrogen and oxygen atoms in total. The Hall–Kier alpha value is -7.73. The highest BCUT2D eigenvalue weighted by molar-refractivity contribution is 6.21. The van der Waals surface area contributed by atoms with E-state index >= 15 is 0 Å². The maximum Gasteiger partial charge on any atom is 0.338 e. The summed E-state index contributed by atoms with van der Waals surface area (Å²) in [4.78, 5) is 88.5. The van der Waals surface area contributed by atoms with Crippen LogP contribution in [0.2, 0.25) is 0 Å². The maximum atomic E-state index is 14.6. The van der Waals surface area contributed by atoms with E-state index in [9.17, 15) is 34.3 Å². The molecule has 0 saturated carbocycles. The van der Waals surface area contributed by atoms with Gasteiger partial charge >= 0.3 is 23.9 Å². The van der Waals surface area contributed by atoms with Crippen LogP contribution < -0.4 is 0 Å². The molecule has 10 atom stereocenters. The smallest absolute Gasteiger partial charge is 0.338 e. The lowest BCUT2D eigenvalue weighted by Gasteiger charge is -2.49. The van der Waals surface area contributed by atoms with Crippen molar-refractivity contribution in [2.24, 2.45) is 5.11 Å². The van der Waals surface area contributed by atoms with Crippen molar-refractivity contribution in [3.8, 4) is 0 Å². The summed E-state index contributed by atoms with van der Waals surface area (Å²) in [5.41, 5.74) is 10.1. The van der Waals surface area contributed by atoms with Gasteiger partial charge in [0.25, 0.3) is 11.8 Å². The minimum absolute atomic E-state index is 0.00254. The molecule has 0 aliphatic carbocycles. The molecular formula is C48H38N4O14. The van der Waals surface area contributed by atoms with E-state index in [1.54, 1.807) is 84.9 Å². The molecule has 0 radical (unpaired) electrons. The molecule has 4 aliphatic heterocycles. The molecule has 3 saturated heterocycles. The second kappa shape index (κ2) is 19.2. The van der Waals surface area contributed by atoms with E-state index in [2.05, 4.69) is 10.0 Å². The topological polar surface area (TPSA) is 228 Å². The monoisotopic (exact) mass is 894 g/mol. The number of ether oxygens (including phenoxy) is 8. The summed E-state index contributed by atoms with van der Waals surface area (Å²) in [5, 5.41) is 3.87. The molecule has 3 fully saturated rings. The van der Waals surface area contributed by atoms with Crippen LogP contribution in [0.3, 0.4) is 0 Å². The van der Waals surface area contributed by atoms with Gasteiger partial charge in [-0.3, -0.25) is 14.5 Å². The molecule has 0 spiro atoms. The van der Waals surface area contributed by atoms with Crippen molar-refractivity contribution in [1.82, 2.24) is 4.90 Å². The zero-order valence-electron chi connectivity index (χ0n) is 34.5. The molecule has 18 heteroatoms. The number of rotatable bonds is 13. The normalized spacial score (nSPS) is 26.3. The Balaban J connectivity index is 1.18. The van der Waals surface area contributed by atoms with Crippen molar-refractivity contribution in [3.63, 3.8) is 0 Å².